The van der Waals surface area contributed by atoms with Crippen molar-refractivity contribution >= 4 is 5.69 Å². The highest BCUT2D eigenvalue weighted by Crippen LogP contribution is 2.68. The number of likely N-dealkylation sites (N-methyl/N-ethyl adjacent to an activating group) is 1. The molecular weight excluding hydrogens is 300 g/mol. The number of aliphatic hydroxyl groups is 2. The van der Waals surface area contributed by atoms with Crippen LogP contribution < -0.4 is 4.90 Å². The molecule has 2 N–H and O–H groups in total. The molecule has 1 aromatic carbocycles. The minimum atomic E-state index is -0.319. The van der Waals surface area contributed by atoms with Gasteiger partial charge in [0, 0.05) is 42.1 Å². The highest BCUT2D eigenvalue weighted by Gasteiger charge is 2.76. The van der Waals surface area contributed by atoms with E-state index in [9.17, 15) is 10.2 Å². The monoisotopic (exact) mass is 326 g/mol. The Labute approximate surface area is 143 Å². The Morgan fingerprint density at radius 3 is 2.79 bits per heavy atom. The SMILES string of the molecule is CC[C@H]1C2CC3C4N(C)c5ccccc5C45CC(C2C5O)N3[C@H]1O. The minimum absolute atomic E-state index is 0.126. The molecule has 0 amide bonds. The number of aliphatic hydroxyl groups excluding tert-OH is 2. The van der Waals surface area contributed by atoms with E-state index in [2.05, 4.69) is 48.0 Å². The average Bonchev–Trinajstić information content (AvgIpc) is 2.97. The molecule has 0 radical (unpaired) electrons. The van der Waals surface area contributed by atoms with Crippen LogP contribution in [-0.4, -0.2) is 52.6 Å². The Kier molecular flexibility index (Phi) is 2.45. The van der Waals surface area contributed by atoms with Gasteiger partial charge in [0.05, 0.1) is 12.1 Å². The molecular formula is C20H26N2O2. The smallest absolute Gasteiger partial charge is 0.111 e. The van der Waals surface area contributed by atoms with Gasteiger partial charge >= 0.3 is 0 Å². The van der Waals surface area contributed by atoms with Crippen LogP contribution in [0.2, 0.25) is 0 Å². The van der Waals surface area contributed by atoms with Gasteiger partial charge in [0.2, 0.25) is 0 Å². The van der Waals surface area contributed by atoms with Crippen LogP contribution in [0.4, 0.5) is 5.69 Å². The van der Waals surface area contributed by atoms with E-state index in [0.717, 1.165) is 19.3 Å². The number of rotatable bonds is 1. The summed E-state index contributed by atoms with van der Waals surface area (Å²) in [5.41, 5.74) is 2.51. The molecule has 1 saturated carbocycles. The third-order valence-corrected chi connectivity index (χ3v) is 8.46. The van der Waals surface area contributed by atoms with E-state index in [4.69, 9.17) is 0 Å². The van der Waals surface area contributed by atoms with Crippen molar-refractivity contribution in [3.8, 4) is 0 Å². The second kappa shape index (κ2) is 4.17. The lowest BCUT2D eigenvalue weighted by Crippen LogP contribution is -2.72. The van der Waals surface area contributed by atoms with Crippen molar-refractivity contribution in [1.29, 1.82) is 0 Å². The largest absolute Gasteiger partial charge is 0.392 e. The van der Waals surface area contributed by atoms with Gasteiger partial charge in [-0.2, -0.15) is 0 Å². The van der Waals surface area contributed by atoms with Crippen LogP contribution in [0.25, 0.3) is 0 Å². The van der Waals surface area contributed by atoms with Crippen molar-refractivity contribution in [2.24, 2.45) is 17.8 Å². The summed E-state index contributed by atoms with van der Waals surface area (Å²) in [5.74, 6) is 1.14. The summed E-state index contributed by atoms with van der Waals surface area (Å²) in [6.07, 6.45) is 2.56. The summed E-state index contributed by atoms with van der Waals surface area (Å²) >= 11 is 0. The predicted octanol–water partition coefficient (Wildman–Crippen LogP) is 1.55. The van der Waals surface area contributed by atoms with Crippen LogP contribution in [-0.2, 0) is 5.41 Å². The van der Waals surface area contributed by atoms with E-state index in [1.165, 1.54) is 11.3 Å². The van der Waals surface area contributed by atoms with E-state index < -0.39 is 0 Å². The molecule has 5 bridgehead atoms. The second-order valence-corrected chi connectivity index (χ2v) is 8.81. The van der Waals surface area contributed by atoms with Crippen molar-refractivity contribution in [1.82, 2.24) is 4.90 Å². The van der Waals surface area contributed by atoms with E-state index in [1.54, 1.807) is 0 Å². The van der Waals surface area contributed by atoms with Gasteiger partial charge in [0.15, 0.2) is 0 Å². The standard InChI is InChI=1S/C20H26N2O2/c1-3-10-11-8-14-17-20(12-6-4-5-7-13(12)21(17)2)9-15(16(11)18(20)23)22(14)19(10)24/h4-7,10-11,14-19,23-24H,3,8-9H2,1-2H3/t10-,11?,14?,15?,16?,17?,18?,19-,20?/m0/s1. The molecule has 5 heterocycles. The van der Waals surface area contributed by atoms with Gasteiger partial charge < -0.3 is 15.1 Å². The third-order valence-electron chi connectivity index (χ3n) is 8.46. The summed E-state index contributed by atoms with van der Waals surface area (Å²) < 4.78 is 0. The third kappa shape index (κ3) is 1.20. The van der Waals surface area contributed by atoms with Crippen LogP contribution in [0, 0.1) is 17.8 Å². The van der Waals surface area contributed by atoms with Gasteiger partial charge in [0.25, 0.3) is 0 Å². The molecule has 5 aliphatic heterocycles. The van der Waals surface area contributed by atoms with E-state index >= 15 is 0 Å². The average molecular weight is 326 g/mol. The number of piperidine rings is 4. The van der Waals surface area contributed by atoms with Crippen LogP contribution in [0.1, 0.15) is 31.7 Å². The fourth-order valence-corrected chi connectivity index (χ4v) is 7.88. The Hall–Kier alpha value is -1.10. The number of benzene rings is 1. The summed E-state index contributed by atoms with van der Waals surface area (Å²) in [7, 11) is 2.19. The summed E-state index contributed by atoms with van der Waals surface area (Å²) in [5, 5.41) is 22.6. The first-order valence-electron chi connectivity index (χ1n) is 9.57. The first-order valence-corrected chi connectivity index (χ1v) is 9.57. The van der Waals surface area contributed by atoms with Crippen molar-refractivity contribution in [3.05, 3.63) is 29.8 Å². The maximum absolute atomic E-state index is 11.6. The summed E-state index contributed by atoms with van der Waals surface area (Å²) in [4.78, 5) is 4.83. The Balaban J connectivity index is 1.60. The topological polar surface area (TPSA) is 46.9 Å². The van der Waals surface area contributed by atoms with E-state index in [1.807, 2.05) is 0 Å². The van der Waals surface area contributed by atoms with Gasteiger partial charge in [-0.3, -0.25) is 4.90 Å². The van der Waals surface area contributed by atoms with E-state index in [0.29, 0.717) is 35.9 Å². The summed E-state index contributed by atoms with van der Waals surface area (Å²) in [6, 6.07) is 9.70. The van der Waals surface area contributed by atoms with Gasteiger partial charge in [-0.25, -0.2) is 0 Å². The minimum Gasteiger partial charge on any atom is -0.392 e. The molecule has 1 aliphatic carbocycles. The van der Waals surface area contributed by atoms with Crippen molar-refractivity contribution < 1.29 is 10.2 Å². The second-order valence-electron chi connectivity index (χ2n) is 8.81. The highest BCUT2D eigenvalue weighted by atomic mass is 16.3. The zero-order valence-corrected chi connectivity index (χ0v) is 14.3. The first-order chi connectivity index (χ1) is 11.6. The number of fused-ring (bicyclic) bond motifs is 2. The van der Waals surface area contributed by atoms with Gasteiger partial charge in [0.1, 0.15) is 6.23 Å². The van der Waals surface area contributed by atoms with Gasteiger partial charge in [-0.15, -0.1) is 0 Å². The quantitative estimate of drug-likeness (QED) is 0.822. The Bertz CT molecular complexity index is 723. The molecule has 4 nitrogen and oxygen atoms in total. The Morgan fingerprint density at radius 2 is 2.00 bits per heavy atom. The van der Waals surface area contributed by atoms with Crippen molar-refractivity contribution in [2.45, 2.75) is 62.1 Å². The molecule has 8 unspecified atom stereocenters. The molecule has 128 valence electrons. The van der Waals surface area contributed by atoms with E-state index in [-0.39, 0.29) is 17.7 Å². The van der Waals surface area contributed by atoms with Crippen molar-refractivity contribution in [2.75, 3.05) is 11.9 Å². The zero-order valence-electron chi connectivity index (χ0n) is 14.3. The van der Waals surface area contributed by atoms with Gasteiger partial charge in [-0.1, -0.05) is 25.1 Å². The molecule has 6 aliphatic rings. The lowest BCUT2D eigenvalue weighted by Gasteiger charge is -2.62. The molecule has 5 fully saturated rings. The lowest BCUT2D eigenvalue weighted by molar-refractivity contribution is -0.211. The van der Waals surface area contributed by atoms with Crippen LogP contribution >= 0.6 is 0 Å². The summed E-state index contributed by atoms with van der Waals surface area (Å²) in [6.45, 7) is 2.19. The first kappa shape index (κ1) is 14.1. The molecule has 1 spiro atoms. The van der Waals surface area contributed by atoms with Crippen molar-refractivity contribution in [3.63, 3.8) is 0 Å². The number of para-hydroxylation sites is 1. The molecule has 10 atom stereocenters. The zero-order chi connectivity index (χ0) is 16.4. The normalized spacial score (nSPS) is 55.8. The maximum Gasteiger partial charge on any atom is 0.111 e. The predicted molar refractivity (Wildman–Crippen MR) is 91.7 cm³/mol. The van der Waals surface area contributed by atoms with Crippen LogP contribution in [0.15, 0.2) is 24.3 Å². The van der Waals surface area contributed by atoms with Crippen LogP contribution in [0.5, 0.6) is 0 Å². The maximum atomic E-state index is 11.6. The molecule has 24 heavy (non-hydrogen) atoms. The lowest BCUT2D eigenvalue weighted by atomic mass is 9.62. The number of hydrogen-bond donors (Lipinski definition) is 2. The molecule has 4 saturated heterocycles. The highest BCUT2D eigenvalue weighted by molar-refractivity contribution is 5.67. The molecule has 1 aromatic rings. The number of anilines is 1. The number of hydrogen-bond acceptors (Lipinski definition) is 4. The molecule has 4 heteroatoms. The fraction of sp³-hybridized carbons (Fsp3) is 0.700. The molecule has 7 rings (SSSR count). The number of nitrogens with zero attached hydrogens (tertiary/aromatic N) is 2. The Morgan fingerprint density at radius 1 is 1.21 bits per heavy atom. The fourth-order valence-electron chi connectivity index (χ4n) is 7.88. The van der Waals surface area contributed by atoms with Crippen LogP contribution in [0.3, 0.4) is 0 Å². The van der Waals surface area contributed by atoms with Gasteiger partial charge in [-0.05, 0) is 36.8 Å². The molecule has 0 aromatic heterocycles.